The average molecular weight is 218 g/mol. The standard InChI is InChI=1S/C5H10N2O2.C4H8O2/c1-3-4(5(8)9)7-6-2;1-2-3-4(5)6/h4H,3H2,1-2H3,(H,8,9);2-3H2,1H3,(H,5,6). The van der Waals surface area contributed by atoms with E-state index in [1.54, 1.807) is 6.92 Å². The van der Waals surface area contributed by atoms with Crippen LogP contribution >= 0.6 is 0 Å². The van der Waals surface area contributed by atoms with Crippen molar-refractivity contribution in [2.24, 2.45) is 10.2 Å². The number of aliphatic carboxylic acids is 2. The molecule has 0 saturated heterocycles. The van der Waals surface area contributed by atoms with Crippen LogP contribution in [0.5, 0.6) is 0 Å². The molecule has 0 bridgehead atoms. The van der Waals surface area contributed by atoms with Gasteiger partial charge in [0.15, 0.2) is 6.04 Å². The summed E-state index contributed by atoms with van der Waals surface area (Å²) in [6.45, 7) is 3.60. The summed E-state index contributed by atoms with van der Waals surface area (Å²) < 4.78 is 0. The molecule has 0 aromatic heterocycles. The molecule has 6 heteroatoms. The molecule has 0 spiro atoms. The van der Waals surface area contributed by atoms with Gasteiger partial charge < -0.3 is 10.2 Å². The van der Waals surface area contributed by atoms with Crippen LogP contribution < -0.4 is 0 Å². The van der Waals surface area contributed by atoms with E-state index in [9.17, 15) is 9.59 Å². The zero-order valence-electron chi connectivity index (χ0n) is 9.30. The van der Waals surface area contributed by atoms with Crippen LogP contribution in [0.2, 0.25) is 0 Å². The van der Waals surface area contributed by atoms with E-state index in [4.69, 9.17) is 10.2 Å². The summed E-state index contributed by atoms with van der Waals surface area (Å²) >= 11 is 0. The molecule has 0 amide bonds. The van der Waals surface area contributed by atoms with E-state index in [-0.39, 0.29) is 0 Å². The highest BCUT2D eigenvalue weighted by atomic mass is 16.4. The number of hydrogen-bond acceptors (Lipinski definition) is 4. The van der Waals surface area contributed by atoms with Crippen LogP contribution in [0.25, 0.3) is 0 Å². The van der Waals surface area contributed by atoms with Crippen LogP contribution in [0, 0.1) is 0 Å². The molecule has 6 nitrogen and oxygen atoms in total. The summed E-state index contributed by atoms with van der Waals surface area (Å²) in [4.78, 5) is 19.8. The first-order valence-corrected chi connectivity index (χ1v) is 4.73. The number of carboxylic acids is 2. The predicted molar refractivity (Wildman–Crippen MR) is 55.0 cm³/mol. The fourth-order valence-corrected chi connectivity index (χ4v) is 0.659. The third-order valence-corrected chi connectivity index (χ3v) is 1.39. The van der Waals surface area contributed by atoms with Crippen molar-refractivity contribution in [3.8, 4) is 0 Å². The Labute approximate surface area is 89.0 Å². The SMILES string of the molecule is CCC(N=NC)C(=O)O.CCCC(=O)O. The number of hydrogen-bond donors (Lipinski definition) is 2. The summed E-state index contributed by atoms with van der Waals surface area (Å²) in [6, 6.07) is -0.657. The zero-order chi connectivity index (χ0) is 12.3. The number of carbonyl (C=O) groups is 2. The second-order valence-electron chi connectivity index (χ2n) is 2.72. The van der Waals surface area contributed by atoms with Gasteiger partial charge in [-0.1, -0.05) is 13.8 Å². The molecule has 0 aliphatic rings. The largest absolute Gasteiger partial charge is 0.481 e. The molecule has 15 heavy (non-hydrogen) atoms. The molecular weight excluding hydrogens is 200 g/mol. The molecule has 0 saturated carbocycles. The maximum Gasteiger partial charge on any atom is 0.330 e. The lowest BCUT2D eigenvalue weighted by Crippen LogP contribution is -2.15. The van der Waals surface area contributed by atoms with Gasteiger partial charge in [-0.15, -0.1) is 0 Å². The van der Waals surface area contributed by atoms with Crippen LogP contribution in [0.3, 0.4) is 0 Å². The fraction of sp³-hybridized carbons (Fsp3) is 0.778. The molecule has 0 rings (SSSR count). The first-order chi connectivity index (χ1) is 6.99. The molecule has 0 aromatic carbocycles. The second kappa shape index (κ2) is 10.6. The molecule has 0 aromatic rings. The number of nitrogens with zero attached hydrogens (tertiary/aromatic N) is 2. The molecular formula is C9H18N2O4. The van der Waals surface area contributed by atoms with E-state index in [0.29, 0.717) is 12.8 Å². The van der Waals surface area contributed by atoms with Gasteiger partial charge in [0.05, 0.1) is 0 Å². The van der Waals surface area contributed by atoms with Gasteiger partial charge in [-0.2, -0.15) is 10.2 Å². The van der Waals surface area contributed by atoms with Crippen LogP contribution in [0.15, 0.2) is 10.2 Å². The fourth-order valence-electron chi connectivity index (χ4n) is 0.659. The highest BCUT2D eigenvalue weighted by Crippen LogP contribution is 1.96. The predicted octanol–water partition coefficient (Wildman–Crippen LogP) is 1.80. The third kappa shape index (κ3) is 12.5. The summed E-state index contributed by atoms with van der Waals surface area (Å²) in [7, 11) is 1.46. The van der Waals surface area contributed by atoms with Crippen molar-refractivity contribution in [3.63, 3.8) is 0 Å². The van der Waals surface area contributed by atoms with Crippen LogP contribution in [0.4, 0.5) is 0 Å². The monoisotopic (exact) mass is 218 g/mol. The van der Waals surface area contributed by atoms with Gasteiger partial charge in [0.2, 0.25) is 0 Å². The summed E-state index contributed by atoms with van der Waals surface area (Å²) in [5, 5.41) is 23.1. The van der Waals surface area contributed by atoms with Gasteiger partial charge in [-0.25, -0.2) is 4.79 Å². The van der Waals surface area contributed by atoms with Crippen molar-refractivity contribution in [1.29, 1.82) is 0 Å². The number of carboxylic acid groups (broad SMARTS) is 2. The molecule has 0 fully saturated rings. The van der Waals surface area contributed by atoms with Gasteiger partial charge >= 0.3 is 11.9 Å². The smallest absolute Gasteiger partial charge is 0.330 e. The van der Waals surface area contributed by atoms with Crippen molar-refractivity contribution in [2.75, 3.05) is 7.05 Å². The van der Waals surface area contributed by atoms with E-state index in [1.807, 2.05) is 6.92 Å². The summed E-state index contributed by atoms with van der Waals surface area (Å²) in [5.74, 6) is -1.62. The minimum Gasteiger partial charge on any atom is -0.481 e. The van der Waals surface area contributed by atoms with E-state index in [1.165, 1.54) is 7.05 Å². The summed E-state index contributed by atoms with van der Waals surface area (Å²) in [5.41, 5.74) is 0. The Hall–Kier alpha value is -1.46. The molecule has 2 N–H and O–H groups in total. The molecule has 0 heterocycles. The minimum absolute atomic E-state index is 0.292. The van der Waals surface area contributed by atoms with Crippen LogP contribution in [-0.4, -0.2) is 35.2 Å². The molecule has 0 aliphatic carbocycles. The second-order valence-corrected chi connectivity index (χ2v) is 2.72. The maximum absolute atomic E-state index is 10.2. The molecule has 88 valence electrons. The van der Waals surface area contributed by atoms with Gasteiger partial charge in [0.25, 0.3) is 0 Å². The molecule has 0 aliphatic heterocycles. The summed E-state index contributed by atoms with van der Waals surface area (Å²) in [6.07, 6.45) is 1.52. The van der Waals surface area contributed by atoms with Gasteiger partial charge in [-0.05, 0) is 12.8 Å². The molecule has 1 unspecified atom stereocenters. The third-order valence-electron chi connectivity index (χ3n) is 1.39. The van der Waals surface area contributed by atoms with Gasteiger partial charge in [-0.3, -0.25) is 4.79 Å². The Morgan fingerprint density at radius 1 is 1.27 bits per heavy atom. The Morgan fingerprint density at radius 2 is 1.80 bits per heavy atom. The lowest BCUT2D eigenvalue weighted by atomic mass is 10.2. The first-order valence-electron chi connectivity index (χ1n) is 4.73. The Bertz CT molecular complexity index is 216. The van der Waals surface area contributed by atoms with Crippen LogP contribution in [0.1, 0.15) is 33.1 Å². The average Bonchev–Trinajstić information content (AvgIpc) is 2.14. The number of azo groups is 1. The Balaban J connectivity index is 0. The highest BCUT2D eigenvalue weighted by molar-refractivity contribution is 5.73. The van der Waals surface area contributed by atoms with Crippen molar-refractivity contribution in [3.05, 3.63) is 0 Å². The van der Waals surface area contributed by atoms with E-state index >= 15 is 0 Å². The maximum atomic E-state index is 10.2. The quantitative estimate of drug-likeness (QED) is 0.687. The van der Waals surface area contributed by atoms with Gasteiger partial charge in [0, 0.05) is 13.5 Å². The normalized spacial score (nSPS) is 11.7. The zero-order valence-corrected chi connectivity index (χ0v) is 9.30. The minimum atomic E-state index is -0.914. The number of rotatable bonds is 5. The van der Waals surface area contributed by atoms with E-state index in [0.717, 1.165) is 6.42 Å². The van der Waals surface area contributed by atoms with Crippen molar-refractivity contribution < 1.29 is 19.8 Å². The lowest BCUT2D eigenvalue weighted by Gasteiger charge is -1.98. The van der Waals surface area contributed by atoms with Crippen molar-refractivity contribution in [2.45, 2.75) is 39.2 Å². The molecule has 1 atom stereocenters. The highest BCUT2D eigenvalue weighted by Gasteiger charge is 2.11. The van der Waals surface area contributed by atoms with E-state index < -0.39 is 18.0 Å². The topological polar surface area (TPSA) is 99.3 Å². The van der Waals surface area contributed by atoms with Crippen LogP contribution in [-0.2, 0) is 9.59 Å². The Morgan fingerprint density at radius 3 is 1.87 bits per heavy atom. The first kappa shape index (κ1) is 16.0. The Kier molecular flexibility index (Phi) is 11.3. The van der Waals surface area contributed by atoms with Crippen molar-refractivity contribution >= 4 is 11.9 Å². The van der Waals surface area contributed by atoms with E-state index in [2.05, 4.69) is 10.2 Å². The lowest BCUT2D eigenvalue weighted by molar-refractivity contribution is -0.139. The van der Waals surface area contributed by atoms with Gasteiger partial charge in [0.1, 0.15) is 0 Å². The van der Waals surface area contributed by atoms with Crippen molar-refractivity contribution in [1.82, 2.24) is 0 Å². The molecule has 0 radical (unpaired) electrons.